The number of rotatable bonds is 5. The molecule has 0 radical (unpaired) electrons. The molecule has 2 aliphatic rings. The summed E-state index contributed by atoms with van der Waals surface area (Å²) in [4.78, 5) is 13.8. The van der Waals surface area contributed by atoms with Gasteiger partial charge in [-0.25, -0.2) is 0 Å². The number of benzene rings is 2. The topological polar surface area (TPSA) is 63.2 Å². The van der Waals surface area contributed by atoms with Crippen LogP contribution in [0.25, 0.3) is 10.8 Å². The van der Waals surface area contributed by atoms with Crippen LogP contribution in [0.1, 0.15) is 42.1 Å². The van der Waals surface area contributed by atoms with Crippen molar-refractivity contribution in [2.75, 3.05) is 35.5 Å². The summed E-state index contributed by atoms with van der Waals surface area (Å²) in [6.07, 6.45) is 3.22. The third-order valence-corrected chi connectivity index (χ3v) is 7.67. The Hall–Kier alpha value is -1.99. The average molecular weight is 493 g/mol. The predicted octanol–water partition coefficient (Wildman–Crippen LogP) is 5.20. The lowest BCUT2D eigenvalue weighted by molar-refractivity contribution is -0.0518. The van der Waals surface area contributed by atoms with Crippen LogP contribution in [0.4, 0.5) is 0 Å². The van der Waals surface area contributed by atoms with E-state index < -0.39 is 0 Å². The Balaban J connectivity index is 2.06. The molecule has 0 spiro atoms. The standard InChI is InChI=1S/C24H29BrO6/c1-24(31-6)8-7-13-12(11-24)9-14-17(20(13)26)23(30-5)18-16(27-2)10-15(25)22(29-4)19(18)21(14)28-3/h10,12-13H,7-9,11H2,1-6H3/t12-,13-,24+/m1/s1. The number of carbonyl (C=O) groups is 1. The maximum atomic E-state index is 13.8. The highest BCUT2D eigenvalue weighted by Crippen LogP contribution is 2.55. The quantitative estimate of drug-likeness (QED) is 0.571. The molecule has 1 saturated carbocycles. The Morgan fingerprint density at radius 3 is 2.23 bits per heavy atom. The number of hydrogen-bond donors (Lipinski definition) is 0. The number of fused-ring (bicyclic) bond motifs is 3. The van der Waals surface area contributed by atoms with Gasteiger partial charge in [-0.05, 0) is 60.5 Å². The van der Waals surface area contributed by atoms with Crippen molar-refractivity contribution in [2.45, 2.75) is 38.2 Å². The maximum Gasteiger partial charge on any atom is 0.170 e. The zero-order valence-electron chi connectivity index (χ0n) is 18.9. The second-order valence-electron chi connectivity index (χ2n) is 8.60. The number of hydrogen-bond acceptors (Lipinski definition) is 6. The van der Waals surface area contributed by atoms with E-state index in [9.17, 15) is 4.79 Å². The van der Waals surface area contributed by atoms with Crippen LogP contribution in [-0.2, 0) is 11.2 Å². The minimum Gasteiger partial charge on any atom is -0.496 e. The molecule has 0 amide bonds. The van der Waals surface area contributed by atoms with Crippen LogP contribution in [0.5, 0.6) is 23.0 Å². The molecule has 4 rings (SSSR count). The highest BCUT2D eigenvalue weighted by molar-refractivity contribution is 9.10. The van der Waals surface area contributed by atoms with Crippen LogP contribution in [0.2, 0.25) is 0 Å². The third-order valence-electron chi connectivity index (χ3n) is 7.08. The molecular weight excluding hydrogens is 464 g/mol. The van der Waals surface area contributed by atoms with E-state index in [1.54, 1.807) is 35.5 Å². The summed E-state index contributed by atoms with van der Waals surface area (Å²) >= 11 is 3.58. The Kier molecular flexibility index (Phi) is 5.85. The summed E-state index contributed by atoms with van der Waals surface area (Å²) in [6.45, 7) is 2.13. The molecule has 0 aromatic heterocycles. The maximum absolute atomic E-state index is 13.8. The van der Waals surface area contributed by atoms with Gasteiger partial charge in [0.1, 0.15) is 23.0 Å². The monoisotopic (exact) mass is 492 g/mol. The van der Waals surface area contributed by atoms with Crippen molar-refractivity contribution >= 4 is 32.5 Å². The van der Waals surface area contributed by atoms with Crippen LogP contribution in [0.15, 0.2) is 10.5 Å². The normalized spacial score (nSPS) is 25.1. The first kappa shape index (κ1) is 22.2. The summed E-state index contributed by atoms with van der Waals surface area (Å²) in [7, 11) is 8.20. The van der Waals surface area contributed by atoms with Gasteiger partial charge in [0.2, 0.25) is 0 Å². The second kappa shape index (κ2) is 8.17. The van der Waals surface area contributed by atoms with E-state index >= 15 is 0 Å². The van der Waals surface area contributed by atoms with Crippen LogP contribution in [-0.4, -0.2) is 46.9 Å². The molecule has 0 unspecified atom stereocenters. The lowest BCUT2D eigenvalue weighted by Gasteiger charge is -2.44. The van der Waals surface area contributed by atoms with E-state index in [-0.39, 0.29) is 23.2 Å². The third kappa shape index (κ3) is 3.28. The molecule has 0 bridgehead atoms. The molecule has 0 saturated heterocycles. The summed E-state index contributed by atoms with van der Waals surface area (Å²) < 4.78 is 29.7. The Bertz CT molecular complexity index is 1050. The van der Waals surface area contributed by atoms with E-state index in [1.807, 2.05) is 6.07 Å². The SMILES string of the molecule is COc1cc(Br)c(OC)c2c(OC)c3c(c(OC)c12)C(=O)[C@@H]1CC[C@](C)(OC)C[C@H]1C3. The number of halogens is 1. The van der Waals surface area contributed by atoms with E-state index in [0.29, 0.717) is 33.9 Å². The van der Waals surface area contributed by atoms with Gasteiger partial charge in [0, 0.05) is 18.6 Å². The molecule has 2 aromatic rings. The van der Waals surface area contributed by atoms with Crippen molar-refractivity contribution in [3.8, 4) is 23.0 Å². The first-order valence-corrected chi connectivity index (χ1v) is 11.2. The smallest absolute Gasteiger partial charge is 0.170 e. The Morgan fingerprint density at radius 1 is 0.968 bits per heavy atom. The molecule has 2 aromatic carbocycles. The van der Waals surface area contributed by atoms with Crippen molar-refractivity contribution in [3.05, 3.63) is 21.7 Å². The Labute approximate surface area is 191 Å². The molecule has 168 valence electrons. The molecule has 3 atom stereocenters. The summed E-state index contributed by atoms with van der Waals surface area (Å²) in [5.41, 5.74) is 1.27. The zero-order chi connectivity index (χ0) is 22.5. The lowest BCUT2D eigenvalue weighted by Crippen LogP contribution is -2.44. The van der Waals surface area contributed by atoms with Crippen LogP contribution in [0.3, 0.4) is 0 Å². The van der Waals surface area contributed by atoms with Gasteiger partial charge in [0.05, 0.1) is 54.8 Å². The minimum absolute atomic E-state index is 0.0462. The van der Waals surface area contributed by atoms with Gasteiger partial charge in [-0.15, -0.1) is 0 Å². The van der Waals surface area contributed by atoms with Crippen LogP contribution < -0.4 is 18.9 Å². The van der Waals surface area contributed by atoms with E-state index in [1.165, 1.54) is 0 Å². The number of Topliss-reactive ketones (excluding diaryl/α,β-unsaturated/α-hetero) is 1. The van der Waals surface area contributed by atoms with Gasteiger partial charge >= 0.3 is 0 Å². The van der Waals surface area contributed by atoms with Crippen molar-refractivity contribution in [1.82, 2.24) is 0 Å². The number of carbonyl (C=O) groups excluding carboxylic acids is 1. The molecule has 31 heavy (non-hydrogen) atoms. The summed E-state index contributed by atoms with van der Waals surface area (Å²) in [5, 5.41) is 1.42. The number of ether oxygens (including phenoxy) is 5. The first-order chi connectivity index (χ1) is 14.8. The van der Waals surface area contributed by atoms with Gasteiger partial charge in [-0.3, -0.25) is 4.79 Å². The highest BCUT2D eigenvalue weighted by Gasteiger charge is 2.47. The molecule has 0 aliphatic heterocycles. The molecule has 0 heterocycles. The van der Waals surface area contributed by atoms with Crippen molar-refractivity contribution in [1.29, 1.82) is 0 Å². The second-order valence-corrected chi connectivity index (χ2v) is 9.45. The highest BCUT2D eigenvalue weighted by atomic mass is 79.9. The summed E-state index contributed by atoms with van der Waals surface area (Å²) in [5.74, 6) is 2.63. The summed E-state index contributed by atoms with van der Waals surface area (Å²) in [6, 6.07) is 1.83. The van der Waals surface area contributed by atoms with Gasteiger partial charge in [0.15, 0.2) is 5.78 Å². The molecule has 6 nitrogen and oxygen atoms in total. The molecule has 7 heteroatoms. The van der Waals surface area contributed by atoms with Gasteiger partial charge in [0.25, 0.3) is 0 Å². The fourth-order valence-electron chi connectivity index (χ4n) is 5.51. The predicted molar refractivity (Wildman–Crippen MR) is 122 cm³/mol. The lowest BCUT2D eigenvalue weighted by atomic mass is 9.63. The van der Waals surface area contributed by atoms with Gasteiger partial charge in [-0.1, -0.05) is 0 Å². The number of methoxy groups -OCH3 is 5. The molecular formula is C24H29BrO6. The fourth-order valence-corrected chi connectivity index (χ4v) is 6.08. The molecule has 2 aliphatic carbocycles. The average Bonchev–Trinajstić information content (AvgIpc) is 2.77. The van der Waals surface area contributed by atoms with Crippen LogP contribution >= 0.6 is 15.9 Å². The zero-order valence-corrected chi connectivity index (χ0v) is 20.5. The molecule has 0 N–H and O–H groups in total. The van der Waals surface area contributed by atoms with Gasteiger partial charge < -0.3 is 23.7 Å². The Morgan fingerprint density at radius 2 is 1.65 bits per heavy atom. The largest absolute Gasteiger partial charge is 0.496 e. The van der Waals surface area contributed by atoms with Crippen molar-refractivity contribution in [3.63, 3.8) is 0 Å². The van der Waals surface area contributed by atoms with E-state index in [2.05, 4.69) is 22.9 Å². The van der Waals surface area contributed by atoms with E-state index in [4.69, 9.17) is 23.7 Å². The molecule has 1 fully saturated rings. The van der Waals surface area contributed by atoms with Crippen molar-refractivity contribution < 1.29 is 28.5 Å². The minimum atomic E-state index is -0.211. The van der Waals surface area contributed by atoms with Crippen LogP contribution in [0, 0.1) is 11.8 Å². The van der Waals surface area contributed by atoms with Crippen molar-refractivity contribution in [2.24, 2.45) is 11.8 Å². The first-order valence-electron chi connectivity index (χ1n) is 10.4. The van der Waals surface area contributed by atoms with E-state index in [0.717, 1.165) is 41.1 Å². The fraction of sp³-hybridized carbons (Fsp3) is 0.542. The van der Waals surface area contributed by atoms with Gasteiger partial charge in [-0.2, -0.15) is 0 Å². The number of ketones is 1.